The molecule has 6 aromatic rings. The third-order valence-electron chi connectivity index (χ3n) is 7.20. The van der Waals surface area contributed by atoms with E-state index >= 15 is 0 Å². The molecule has 0 aliphatic rings. The number of hydrazone groups is 1. The molecule has 50 heavy (non-hydrogen) atoms. The molecular formula is C33H26F6N8OS2. The quantitative estimate of drug-likeness (QED) is 0.0728. The fourth-order valence-corrected chi connectivity index (χ4v) is 6.80. The molecule has 9 nitrogen and oxygen atoms in total. The molecule has 1 N–H and O–H groups in total. The van der Waals surface area contributed by atoms with E-state index in [0.717, 1.165) is 27.3 Å². The predicted molar refractivity (Wildman–Crippen MR) is 182 cm³/mol. The van der Waals surface area contributed by atoms with Gasteiger partial charge >= 0.3 is 12.5 Å². The average Bonchev–Trinajstić information content (AvgIpc) is 3.78. The summed E-state index contributed by atoms with van der Waals surface area (Å²) in [6.07, 6.45) is -6.28. The average molecular weight is 729 g/mol. The van der Waals surface area contributed by atoms with Crippen LogP contribution >= 0.6 is 23.1 Å². The molecule has 0 unspecified atom stereocenters. The van der Waals surface area contributed by atoms with Gasteiger partial charge in [0.25, 0.3) is 0 Å². The predicted octanol–water partition coefficient (Wildman–Crippen LogP) is 8.96. The second-order valence-electron chi connectivity index (χ2n) is 10.9. The smallest absolute Gasteiger partial charge is 0.406 e. The Bertz CT molecular complexity index is 2160. The zero-order valence-electron chi connectivity index (χ0n) is 26.4. The number of hydrogen-bond donors (Lipinski definition) is 1. The van der Waals surface area contributed by atoms with Crippen LogP contribution in [0.5, 0.6) is 5.75 Å². The Labute approximate surface area is 289 Å². The summed E-state index contributed by atoms with van der Waals surface area (Å²) in [7, 11) is 1.49. The van der Waals surface area contributed by atoms with Gasteiger partial charge in [-0.25, -0.2) is 14.7 Å². The first-order valence-electron chi connectivity index (χ1n) is 14.7. The maximum absolute atomic E-state index is 13.5. The van der Waals surface area contributed by atoms with Crippen LogP contribution in [0.15, 0.2) is 89.2 Å². The molecule has 0 bridgehead atoms. The Morgan fingerprint density at radius 1 is 0.960 bits per heavy atom. The monoisotopic (exact) mass is 728 g/mol. The molecule has 0 saturated heterocycles. The first-order valence-corrected chi connectivity index (χ1v) is 16.5. The number of benzene rings is 3. The van der Waals surface area contributed by atoms with Crippen LogP contribution in [0.4, 0.5) is 32.0 Å². The van der Waals surface area contributed by atoms with Crippen LogP contribution in [0.2, 0.25) is 0 Å². The molecule has 6 rings (SSSR count). The summed E-state index contributed by atoms with van der Waals surface area (Å²) in [5, 5.41) is 13.0. The number of rotatable bonds is 8. The van der Waals surface area contributed by atoms with Crippen LogP contribution in [0.1, 0.15) is 27.3 Å². The largest absolute Gasteiger partial charge is 0.573 e. The molecule has 0 aliphatic carbocycles. The molecule has 0 saturated carbocycles. The molecule has 3 aromatic carbocycles. The number of ether oxygens (including phenoxy) is 1. The van der Waals surface area contributed by atoms with Crippen LogP contribution in [-0.4, -0.2) is 42.3 Å². The molecule has 17 heteroatoms. The number of nitrogens with one attached hydrogen (secondary N) is 1. The number of hydrogen-bond acceptors (Lipinski definition) is 8. The summed E-state index contributed by atoms with van der Waals surface area (Å²) >= 11 is 2.55. The number of thioether (sulfide) groups is 1. The number of amidine groups is 1. The van der Waals surface area contributed by atoms with Crippen molar-refractivity contribution in [2.45, 2.75) is 32.1 Å². The number of halogens is 6. The fraction of sp³-hybridized carbons (Fsp3) is 0.182. The second-order valence-corrected chi connectivity index (χ2v) is 13.0. The second kappa shape index (κ2) is 14.0. The molecule has 258 valence electrons. The van der Waals surface area contributed by atoms with E-state index in [0.29, 0.717) is 32.8 Å². The molecule has 0 radical (unpaired) electrons. The Balaban J connectivity index is 1.15. The van der Waals surface area contributed by atoms with Crippen LogP contribution in [0, 0.1) is 13.8 Å². The lowest BCUT2D eigenvalue weighted by Gasteiger charge is -2.09. The number of para-hydroxylation sites is 1. The minimum Gasteiger partial charge on any atom is -0.406 e. The molecule has 0 amide bonds. The van der Waals surface area contributed by atoms with Crippen molar-refractivity contribution < 1.29 is 31.1 Å². The van der Waals surface area contributed by atoms with Gasteiger partial charge in [0.1, 0.15) is 16.9 Å². The van der Waals surface area contributed by atoms with Crippen LogP contribution < -0.4 is 10.2 Å². The van der Waals surface area contributed by atoms with E-state index in [9.17, 15) is 26.3 Å². The van der Waals surface area contributed by atoms with E-state index in [-0.39, 0.29) is 11.1 Å². The van der Waals surface area contributed by atoms with Crippen molar-refractivity contribution in [2.75, 3.05) is 0 Å². The first-order chi connectivity index (χ1) is 23.7. The molecule has 0 spiro atoms. The first kappa shape index (κ1) is 34.7. The lowest BCUT2D eigenvalue weighted by Crippen LogP contribution is -2.17. The zero-order chi connectivity index (χ0) is 35.6. The summed E-state index contributed by atoms with van der Waals surface area (Å²) in [5.41, 5.74) is 6.70. The van der Waals surface area contributed by atoms with Crippen LogP contribution in [-0.2, 0) is 19.0 Å². The van der Waals surface area contributed by atoms with E-state index < -0.39 is 18.2 Å². The highest BCUT2D eigenvalue weighted by Gasteiger charge is 2.37. The summed E-state index contributed by atoms with van der Waals surface area (Å²) < 4.78 is 84.5. The minimum absolute atomic E-state index is 0.0684. The van der Waals surface area contributed by atoms with E-state index in [2.05, 4.69) is 30.4 Å². The van der Waals surface area contributed by atoms with Gasteiger partial charge in [0.2, 0.25) is 0 Å². The topological polar surface area (TPSA) is 94.5 Å². The fourth-order valence-electron chi connectivity index (χ4n) is 4.88. The van der Waals surface area contributed by atoms with Crippen LogP contribution in [0.25, 0.3) is 27.3 Å². The molecule has 0 fully saturated rings. The third-order valence-corrected chi connectivity index (χ3v) is 9.50. The summed E-state index contributed by atoms with van der Waals surface area (Å²) in [4.78, 5) is 10.3. The minimum atomic E-state index is -4.78. The number of nitrogens with zero attached hydrogens (tertiary/aromatic N) is 7. The van der Waals surface area contributed by atoms with Gasteiger partial charge in [-0.3, -0.25) is 10.1 Å². The summed E-state index contributed by atoms with van der Waals surface area (Å²) in [5.74, 6) is 0.413. The number of aliphatic imine (C=N–C) groups is 1. The standard InChI is InChI=1S/C33H26F6N8OS2/c1-19-5-4-6-20(2)27(19)42-31(49-17-25-15-26-28(32(34,35)36)44-46(3)30(26)50-25)43-41-16-21-7-9-22(10-8-21)29-40-18-47(45-29)23-11-13-24(14-12-23)48-33(37,38)39/h4-16,18H,17H2,1-3H3,(H,42,43)/b41-16-. The van der Waals surface area contributed by atoms with E-state index in [1.807, 2.05) is 44.2 Å². The van der Waals surface area contributed by atoms with Gasteiger partial charge in [-0.2, -0.15) is 23.4 Å². The van der Waals surface area contributed by atoms with Gasteiger partial charge < -0.3 is 4.74 Å². The van der Waals surface area contributed by atoms with Gasteiger partial charge in [0.05, 0.1) is 17.6 Å². The SMILES string of the molecule is Cc1cccc(C)c1N=C(N/N=C\c1ccc(-c2ncn(-c3ccc(OC(F)(F)F)cc3)n2)cc1)SCc1cc2c(C(F)(F)F)nn(C)c2s1. The van der Waals surface area contributed by atoms with Gasteiger partial charge in [0.15, 0.2) is 16.7 Å². The Kier molecular flexibility index (Phi) is 9.71. The number of aromatic nitrogens is 5. The lowest BCUT2D eigenvalue weighted by atomic mass is 10.1. The van der Waals surface area contributed by atoms with Crippen molar-refractivity contribution in [1.29, 1.82) is 0 Å². The van der Waals surface area contributed by atoms with E-state index in [1.54, 1.807) is 18.3 Å². The number of alkyl halides is 6. The van der Waals surface area contributed by atoms with Gasteiger partial charge in [-0.05, 0) is 60.9 Å². The van der Waals surface area contributed by atoms with Gasteiger partial charge in [-0.1, -0.05) is 54.2 Å². The van der Waals surface area contributed by atoms with E-state index in [1.165, 1.54) is 76.2 Å². The highest BCUT2D eigenvalue weighted by atomic mass is 32.2. The number of aryl methyl sites for hydroxylation is 3. The summed E-state index contributed by atoms with van der Waals surface area (Å²) in [6, 6.07) is 19.8. The van der Waals surface area contributed by atoms with Crippen molar-refractivity contribution in [3.8, 4) is 22.8 Å². The highest BCUT2D eigenvalue weighted by molar-refractivity contribution is 8.13. The molecule has 0 aliphatic heterocycles. The van der Waals surface area contributed by atoms with E-state index in [4.69, 9.17) is 4.99 Å². The molecular weight excluding hydrogens is 703 g/mol. The zero-order valence-corrected chi connectivity index (χ0v) is 28.0. The Morgan fingerprint density at radius 3 is 2.32 bits per heavy atom. The molecule has 3 heterocycles. The lowest BCUT2D eigenvalue weighted by molar-refractivity contribution is -0.274. The molecule has 3 aromatic heterocycles. The van der Waals surface area contributed by atoms with Crippen molar-refractivity contribution >= 4 is 50.4 Å². The van der Waals surface area contributed by atoms with Crippen LogP contribution in [0.3, 0.4) is 0 Å². The molecule has 0 atom stereocenters. The Hall–Kier alpha value is -5.16. The van der Waals surface area contributed by atoms with Gasteiger partial charge in [0, 0.05) is 28.6 Å². The maximum Gasteiger partial charge on any atom is 0.573 e. The summed E-state index contributed by atoms with van der Waals surface area (Å²) in [6.45, 7) is 3.88. The highest BCUT2D eigenvalue weighted by Crippen LogP contribution is 2.38. The van der Waals surface area contributed by atoms with Crippen molar-refractivity contribution in [1.82, 2.24) is 30.0 Å². The van der Waals surface area contributed by atoms with Crippen molar-refractivity contribution in [3.05, 3.63) is 106 Å². The number of thiophene rings is 1. The normalized spacial score (nSPS) is 12.7. The Morgan fingerprint density at radius 2 is 1.66 bits per heavy atom. The number of fused-ring (bicyclic) bond motifs is 1. The van der Waals surface area contributed by atoms with Gasteiger partial charge in [-0.15, -0.1) is 29.6 Å². The third kappa shape index (κ3) is 8.16. The van der Waals surface area contributed by atoms with Crippen molar-refractivity contribution in [3.63, 3.8) is 0 Å². The maximum atomic E-state index is 13.5. The van der Waals surface area contributed by atoms with Crippen molar-refractivity contribution in [2.24, 2.45) is 17.1 Å².